The molecule has 1 aliphatic rings. The van der Waals surface area contributed by atoms with E-state index in [9.17, 15) is 9.59 Å². The summed E-state index contributed by atoms with van der Waals surface area (Å²) in [6.07, 6.45) is 1.64. The largest absolute Gasteiger partial charge is 0.326 e. The zero-order chi connectivity index (χ0) is 19.1. The Kier molecular flexibility index (Phi) is 6.06. The summed E-state index contributed by atoms with van der Waals surface area (Å²) in [4.78, 5) is 26.5. The van der Waals surface area contributed by atoms with Gasteiger partial charge in [0, 0.05) is 30.4 Å². The third-order valence-electron chi connectivity index (χ3n) is 4.68. The van der Waals surface area contributed by atoms with E-state index in [4.69, 9.17) is 5.26 Å². The first kappa shape index (κ1) is 18.5. The lowest BCUT2D eigenvalue weighted by molar-refractivity contribution is -0.121. The van der Waals surface area contributed by atoms with Gasteiger partial charge < -0.3 is 15.5 Å². The van der Waals surface area contributed by atoms with Crippen molar-refractivity contribution in [3.05, 3.63) is 60.2 Å². The molecule has 0 unspecified atom stereocenters. The molecule has 1 fully saturated rings. The summed E-state index contributed by atoms with van der Waals surface area (Å²) in [5, 5.41) is 14.5. The molecule has 0 radical (unpaired) electrons. The molecule has 138 valence electrons. The van der Waals surface area contributed by atoms with Gasteiger partial charge in [-0.15, -0.1) is 0 Å². The first-order valence-electron chi connectivity index (χ1n) is 9.03. The highest BCUT2D eigenvalue weighted by Crippen LogP contribution is 2.21. The number of hydrogen-bond acceptors (Lipinski definition) is 3. The fourth-order valence-electron chi connectivity index (χ4n) is 3.11. The number of carbonyl (C=O) groups excluding carboxylic acids is 2. The molecule has 0 aliphatic carbocycles. The van der Waals surface area contributed by atoms with E-state index in [-0.39, 0.29) is 17.9 Å². The molecule has 0 aromatic heterocycles. The predicted octanol–water partition coefficient (Wildman–Crippen LogP) is 3.64. The molecule has 2 aromatic carbocycles. The van der Waals surface area contributed by atoms with Crippen LogP contribution in [0.3, 0.4) is 0 Å². The summed E-state index contributed by atoms with van der Waals surface area (Å²) >= 11 is 0. The van der Waals surface area contributed by atoms with E-state index >= 15 is 0 Å². The van der Waals surface area contributed by atoms with Crippen molar-refractivity contribution >= 4 is 23.3 Å². The summed E-state index contributed by atoms with van der Waals surface area (Å²) in [6, 6.07) is 18.6. The van der Waals surface area contributed by atoms with Crippen LogP contribution in [0.4, 0.5) is 16.2 Å². The second-order valence-corrected chi connectivity index (χ2v) is 6.58. The highest BCUT2D eigenvalue weighted by molar-refractivity contribution is 5.93. The van der Waals surface area contributed by atoms with Crippen molar-refractivity contribution in [2.24, 2.45) is 5.92 Å². The number of likely N-dealkylation sites (tertiary alicyclic amines) is 1. The Morgan fingerprint density at radius 3 is 2.22 bits per heavy atom. The third-order valence-corrected chi connectivity index (χ3v) is 4.68. The summed E-state index contributed by atoms with van der Waals surface area (Å²) in [7, 11) is 0. The average molecular weight is 362 g/mol. The molecule has 3 amide bonds. The lowest BCUT2D eigenvalue weighted by atomic mass is 9.96. The molecule has 1 aliphatic heterocycles. The SMILES string of the molecule is N#CCc1ccc(NC(=O)C2CCN(C(=O)Nc3ccccc3)CC2)cc1. The van der Waals surface area contributed by atoms with Gasteiger partial charge in [0.25, 0.3) is 0 Å². The predicted molar refractivity (Wildman–Crippen MR) is 104 cm³/mol. The number of urea groups is 1. The molecule has 27 heavy (non-hydrogen) atoms. The van der Waals surface area contributed by atoms with E-state index < -0.39 is 0 Å². The molecule has 0 atom stereocenters. The average Bonchev–Trinajstić information content (AvgIpc) is 2.70. The van der Waals surface area contributed by atoms with Gasteiger partial charge in [-0.1, -0.05) is 30.3 Å². The normalized spacial score (nSPS) is 14.3. The number of anilines is 2. The Hall–Kier alpha value is -3.33. The minimum Gasteiger partial charge on any atom is -0.326 e. The molecule has 2 N–H and O–H groups in total. The highest BCUT2D eigenvalue weighted by Gasteiger charge is 2.27. The van der Waals surface area contributed by atoms with Crippen molar-refractivity contribution in [1.82, 2.24) is 4.90 Å². The van der Waals surface area contributed by atoms with Crippen LogP contribution in [0.2, 0.25) is 0 Å². The van der Waals surface area contributed by atoms with Crippen LogP contribution >= 0.6 is 0 Å². The van der Waals surface area contributed by atoms with Crippen molar-refractivity contribution in [3.8, 4) is 6.07 Å². The second-order valence-electron chi connectivity index (χ2n) is 6.58. The van der Waals surface area contributed by atoms with Gasteiger partial charge in [0.05, 0.1) is 12.5 Å². The van der Waals surface area contributed by atoms with Crippen LogP contribution in [0.5, 0.6) is 0 Å². The smallest absolute Gasteiger partial charge is 0.321 e. The Morgan fingerprint density at radius 2 is 1.59 bits per heavy atom. The number of para-hydroxylation sites is 1. The minimum atomic E-state index is -0.131. The van der Waals surface area contributed by atoms with Crippen molar-refractivity contribution < 1.29 is 9.59 Å². The summed E-state index contributed by atoms with van der Waals surface area (Å²) in [5.41, 5.74) is 2.42. The number of carbonyl (C=O) groups is 2. The van der Waals surface area contributed by atoms with Gasteiger partial charge in [0.15, 0.2) is 0 Å². The molecule has 0 spiro atoms. The van der Waals surface area contributed by atoms with Crippen LogP contribution in [-0.2, 0) is 11.2 Å². The van der Waals surface area contributed by atoms with E-state index in [1.54, 1.807) is 4.90 Å². The third kappa shape index (κ3) is 5.08. The molecule has 1 saturated heterocycles. The van der Waals surface area contributed by atoms with E-state index in [0.717, 1.165) is 16.9 Å². The molecule has 0 saturated carbocycles. The van der Waals surface area contributed by atoms with Gasteiger partial charge in [-0.2, -0.15) is 5.26 Å². The fraction of sp³-hybridized carbons (Fsp3) is 0.286. The number of nitriles is 1. The molecule has 6 heteroatoms. The lowest BCUT2D eigenvalue weighted by Gasteiger charge is -2.31. The number of nitrogens with one attached hydrogen (secondary N) is 2. The molecule has 0 bridgehead atoms. The maximum absolute atomic E-state index is 12.5. The van der Waals surface area contributed by atoms with Gasteiger partial charge >= 0.3 is 6.03 Å². The van der Waals surface area contributed by atoms with Gasteiger partial charge in [-0.3, -0.25) is 4.79 Å². The highest BCUT2D eigenvalue weighted by atomic mass is 16.2. The first-order valence-corrected chi connectivity index (χ1v) is 9.03. The second kappa shape index (κ2) is 8.86. The monoisotopic (exact) mass is 362 g/mol. The fourth-order valence-corrected chi connectivity index (χ4v) is 3.11. The van der Waals surface area contributed by atoms with Gasteiger partial charge in [0.1, 0.15) is 0 Å². The number of piperidine rings is 1. The van der Waals surface area contributed by atoms with Crippen LogP contribution in [0, 0.1) is 17.2 Å². The van der Waals surface area contributed by atoms with Crippen molar-refractivity contribution in [2.45, 2.75) is 19.3 Å². The van der Waals surface area contributed by atoms with Crippen molar-refractivity contribution in [3.63, 3.8) is 0 Å². The summed E-state index contributed by atoms with van der Waals surface area (Å²) < 4.78 is 0. The van der Waals surface area contributed by atoms with Crippen molar-refractivity contribution in [2.75, 3.05) is 23.7 Å². The van der Waals surface area contributed by atoms with Crippen LogP contribution < -0.4 is 10.6 Å². The molecule has 6 nitrogen and oxygen atoms in total. The summed E-state index contributed by atoms with van der Waals surface area (Å²) in [5.74, 6) is -0.129. The van der Waals surface area contributed by atoms with Gasteiger partial charge in [-0.25, -0.2) is 4.79 Å². The minimum absolute atomic E-state index is 0.0221. The standard InChI is InChI=1S/C21H22N4O2/c22-13-10-16-6-8-19(9-7-16)23-20(26)17-11-14-25(15-12-17)21(27)24-18-4-2-1-3-5-18/h1-9,17H,10-12,14-15H2,(H,23,26)(H,24,27). The molecule has 3 rings (SSSR count). The maximum atomic E-state index is 12.5. The quantitative estimate of drug-likeness (QED) is 0.871. The molecule has 1 heterocycles. The zero-order valence-electron chi connectivity index (χ0n) is 15.0. The number of benzene rings is 2. The Bertz CT molecular complexity index is 820. The number of amides is 3. The molecule has 2 aromatic rings. The van der Waals surface area contributed by atoms with Gasteiger partial charge in [-0.05, 0) is 42.7 Å². The van der Waals surface area contributed by atoms with Gasteiger partial charge in [0.2, 0.25) is 5.91 Å². The van der Waals surface area contributed by atoms with Crippen molar-refractivity contribution in [1.29, 1.82) is 5.26 Å². The number of nitrogens with zero attached hydrogens (tertiary/aromatic N) is 2. The van der Waals surface area contributed by atoms with E-state index in [1.165, 1.54) is 0 Å². The number of hydrogen-bond donors (Lipinski definition) is 2. The molecular weight excluding hydrogens is 340 g/mol. The van der Waals surface area contributed by atoms with E-state index in [0.29, 0.717) is 32.4 Å². The Balaban J connectivity index is 1.47. The van der Waals surface area contributed by atoms with Crippen LogP contribution in [-0.4, -0.2) is 29.9 Å². The Morgan fingerprint density at radius 1 is 0.963 bits per heavy atom. The lowest BCUT2D eigenvalue weighted by Crippen LogP contribution is -2.43. The maximum Gasteiger partial charge on any atom is 0.321 e. The number of rotatable bonds is 4. The van der Waals surface area contributed by atoms with Crippen LogP contribution in [0.25, 0.3) is 0 Å². The summed E-state index contributed by atoms with van der Waals surface area (Å²) in [6.45, 7) is 1.11. The Labute approximate surface area is 158 Å². The zero-order valence-corrected chi connectivity index (χ0v) is 15.0. The van der Waals surface area contributed by atoms with E-state index in [2.05, 4.69) is 16.7 Å². The first-order chi connectivity index (χ1) is 13.2. The van der Waals surface area contributed by atoms with Crippen LogP contribution in [0.1, 0.15) is 18.4 Å². The topological polar surface area (TPSA) is 85.2 Å². The molecular formula is C21H22N4O2. The van der Waals surface area contributed by atoms with Crippen LogP contribution in [0.15, 0.2) is 54.6 Å². The van der Waals surface area contributed by atoms with E-state index in [1.807, 2.05) is 54.6 Å².